The van der Waals surface area contributed by atoms with Gasteiger partial charge < -0.3 is 19.3 Å². The van der Waals surface area contributed by atoms with Crippen molar-refractivity contribution < 1.29 is 18.8 Å². The van der Waals surface area contributed by atoms with Crippen LogP contribution in [0.2, 0.25) is 0 Å². The van der Waals surface area contributed by atoms with Gasteiger partial charge in [-0.2, -0.15) is 0 Å². The van der Waals surface area contributed by atoms with Crippen LogP contribution >= 0.6 is 0 Å². The molecule has 1 N–H and O–H groups in total. The van der Waals surface area contributed by atoms with Crippen LogP contribution in [0.15, 0.2) is 22.7 Å². The first-order valence-electron chi connectivity index (χ1n) is 8.53. The van der Waals surface area contributed by atoms with Gasteiger partial charge in [-0.15, -0.1) is 0 Å². The lowest BCUT2D eigenvalue weighted by molar-refractivity contribution is 0.0934. The van der Waals surface area contributed by atoms with Gasteiger partial charge in [0.05, 0.1) is 18.4 Å². The Morgan fingerprint density at radius 1 is 1.24 bits per heavy atom. The Labute approximate surface area is 148 Å². The summed E-state index contributed by atoms with van der Waals surface area (Å²) in [5, 5.41) is 6.93. The summed E-state index contributed by atoms with van der Waals surface area (Å²) in [4.78, 5) is 12.4. The van der Waals surface area contributed by atoms with Crippen molar-refractivity contribution in [2.45, 2.75) is 53.2 Å². The van der Waals surface area contributed by atoms with Crippen molar-refractivity contribution in [3.63, 3.8) is 0 Å². The van der Waals surface area contributed by atoms with E-state index >= 15 is 0 Å². The van der Waals surface area contributed by atoms with Crippen molar-refractivity contribution in [1.29, 1.82) is 0 Å². The van der Waals surface area contributed by atoms with Crippen LogP contribution in [-0.2, 0) is 6.61 Å². The van der Waals surface area contributed by atoms with Crippen LogP contribution in [-0.4, -0.2) is 24.2 Å². The molecule has 136 valence electrons. The van der Waals surface area contributed by atoms with Crippen molar-refractivity contribution in [2.24, 2.45) is 0 Å². The highest BCUT2D eigenvalue weighted by atomic mass is 16.5. The molecule has 0 aliphatic carbocycles. The predicted molar refractivity (Wildman–Crippen MR) is 95.1 cm³/mol. The van der Waals surface area contributed by atoms with Crippen LogP contribution in [0.3, 0.4) is 0 Å². The number of amides is 1. The normalized spacial score (nSPS) is 10.8. The topological polar surface area (TPSA) is 73.6 Å². The summed E-state index contributed by atoms with van der Waals surface area (Å²) in [6, 6.07) is 5.36. The molecule has 0 fully saturated rings. The number of hydrogen-bond acceptors (Lipinski definition) is 5. The lowest BCUT2D eigenvalue weighted by Crippen LogP contribution is -2.33. The number of carbonyl (C=O) groups is 1. The summed E-state index contributed by atoms with van der Waals surface area (Å²) in [7, 11) is 1.56. The number of hydrogen-bond donors (Lipinski definition) is 1. The molecule has 1 heterocycles. The standard InChI is InChI=1S/C19H26N2O4/c1-6-15(7-2)20-19(22)14-8-9-17(18(10-14)23-5)24-11-16-12(3)21-25-13(16)4/h8-10,15H,6-7,11H2,1-5H3,(H,20,22). The molecule has 0 aliphatic heterocycles. The number of carbonyl (C=O) groups excluding carboxylic acids is 1. The summed E-state index contributed by atoms with van der Waals surface area (Å²) < 4.78 is 16.4. The lowest BCUT2D eigenvalue weighted by Gasteiger charge is -2.16. The third-order valence-electron chi connectivity index (χ3n) is 4.30. The molecule has 1 amide bonds. The monoisotopic (exact) mass is 346 g/mol. The second-order valence-electron chi connectivity index (χ2n) is 5.94. The third-order valence-corrected chi connectivity index (χ3v) is 4.30. The SMILES string of the molecule is CCC(CC)NC(=O)c1ccc(OCc2c(C)noc2C)c(OC)c1. The van der Waals surface area contributed by atoms with E-state index in [1.807, 2.05) is 13.8 Å². The molecule has 2 aromatic rings. The zero-order chi connectivity index (χ0) is 18.4. The first-order valence-corrected chi connectivity index (χ1v) is 8.53. The molecular weight excluding hydrogens is 320 g/mol. The number of methoxy groups -OCH3 is 1. The molecule has 0 radical (unpaired) electrons. The number of ether oxygens (including phenoxy) is 2. The van der Waals surface area contributed by atoms with Crippen LogP contribution in [0, 0.1) is 13.8 Å². The van der Waals surface area contributed by atoms with Gasteiger partial charge in [-0.05, 0) is 44.9 Å². The first kappa shape index (κ1) is 18.8. The zero-order valence-corrected chi connectivity index (χ0v) is 15.5. The number of benzene rings is 1. The van der Waals surface area contributed by atoms with E-state index < -0.39 is 0 Å². The van der Waals surface area contributed by atoms with Crippen molar-refractivity contribution in [1.82, 2.24) is 10.5 Å². The minimum absolute atomic E-state index is 0.107. The molecule has 1 aromatic heterocycles. The molecule has 0 atom stereocenters. The van der Waals surface area contributed by atoms with E-state index in [0.29, 0.717) is 23.7 Å². The van der Waals surface area contributed by atoms with Gasteiger partial charge >= 0.3 is 0 Å². The maximum absolute atomic E-state index is 12.4. The average molecular weight is 346 g/mol. The first-order chi connectivity index (χ1) is 12.0. The molecule has 0 unspecified atom stereocenters. The van der Waals surface area contributed by atoms with Gasteiger partial charge in [-0.3, -0.25) is 4.79 Å². The van der Waals surface area contributed by atoms with Crippen molar-refractivity contribution in [3.05, 3.63) is 40.8 Å². The third kappa shape index (κ3) is 4.53. The highest BCUT2D eigenvalue weighted by Gasteiger charge is 2.15. The molecule has 0 bridgehead atoms. The molecule has 0 spiro atoms. The Balaban J connectivity index is 2.12. The Hall–Kier alpha value is -2.50. The molecule has 0 saturated heterocycles. The Bertz CT molecular complexity index is 701. The summed E-state index contributed by atoms with van der Waals surface area (Å²) >= 11 is 0. The van der Waals surface area contributed by atoms with Crippen LogP contribution in [0.1, 0.15) is 54.1 Å². The fourth-order valence-corrected chi connectivity index (χ4v) is 2.55. The van der Waals surface area contributed by atoms with Crippen molar-refractivity contribution in [3.8, 4) is 11.5 Å². The number of rotatable bonds is 8. The van der Waals surface area contributed by atoms with Gasteiger partial charge in [0, 0.05) is 11.6 Å². The predicted octanol–water partition coefficient (Wildman–Crippen LogP) is 3.80. The number of nitrogens with zero attached hydrogens (tertiary/aromatic N) is 1. The van der Waals surface area contributed by atoms with E-state index in [4.69, 9.17) is 14.0 Å². The highest BCUT2D eigenvalue weighted by Crippen LogP contribution is 2.29. The van der Waals surface area contributed by atoms with Gasteiger partial charge in [0.25, 0.3) is 5.91 Å². The van der Waals surface area contributed by atoms with E-state index in [0.717, 1.165) is 29.9 Å². The maximum atomic E-state index is 12.4. The van der Waals surface area contributed by atoms with Crippen molar-refractivity contribution in [2.75, 3.05) is 7.11 Å². The number of nitrogens with one attached hydrogen (secondary N) is 1. The van der Waals surface area contributed by atoms with E-state index in [2.05, 4.69) is 24.3 Å². The smallest absolute Gasteiger partial charge is 0.251 e. The molecule has 25 heavy (non-hydrogen) atoms. The fraction of sp³-hybridized carbons (Fsp3) is 0.474. The van der Waals surface area contributed by atoms with E-state index in [1.165, 1.54) is 0 Å². The quantitative estimate of drug-likeness (QED) is 0.787. The molecule has 0 aliphatic rings. The molecule has 1 aromatic carbocycles. The number of aromatic nitrogens is 1. The maximum Gasteiger partial charge on any atom is 0.251 e. The summed E-state index contributed by atoms with van der Waals surface area (Å²) in [6.45, 7) is 8.16. The largest absolute Gasteiger partial charge is 0.493 e. The molecular formula is C19H26N2O4. The second-order valence-corrected chi connectivity index (χ2v) is 5.94. The minimum Gasteiger partial charge on any atom is -0.493 e. The van der Waals surface area contributed by atoms with Gasteiger partial charge in [0.1, 0.15) is 12.4 Å². The van der Waals surface area contributed by atoms with Gasteiger partial charge in [-0.25, -0.2) is 0 Å². The fourth-order valence-electron chi connectivity index (χ4n) is 2.55. The number of aryl methyl sites for hydroxylation is 2. The Kier molecular flexibility index (Phi) is 6.44. The van der Waals surface area contributed by atoms with Crippen LogP contribution < -0.4 is 14.8 Å². The van der Waals surface area contributed by atoms with E-state index in [-0.39, 0.29) is 11.9 Å². The summed E-state index contributed by atoms with van der Waals surface area (Å²) in [5.74, 6) is 1.72. The average Bonchev–Trinajstić information content (AvgIpc) is 2.95. The zero-order valence-electron chi connectivity index (χ0n) is 15.5. The molecule has 6 heteroatoms. The highest BCUT2D eigenvalue weighted by molar-refractivity contribution is 5.95. The van der Waals surface area contributed by atoms with E-state index in [9.17, 15) is 4.79 Å². The van der Waals surface area contributed by atoms with E-state index in [1.54, 1.807) is 25.3 Å². The van der Waals surface area contributed by atoms with Gasteiger partial charge in [0.2, 0.25) is 0 Å². The summed E-state index contributed by atoms with van der Waals surface area (Å²) in [5.41, 5.74) is 2.27. The van der Waals surface area contributed by atoms with Crippen LogP contribution in [0.25, 0.3) is 0 Å². The van der Waals surface area contributed by atoms with Gasteiger partial charge in [-0.1, -0.05) is 19.0 Å². The lowest BCUT2D eigenvalue weighted by atomic mass is 10.1. The Morgan fingerprint density at radius 2 is 1.96 bits per heavy atom. The van der Waals surface area contributed by atoms with Gasteiger partial charge in [0.15, 0.2) is 11.5 Å². The molecule has 6 nitrogen and oxygen atoms in total. The van der Waals surface area contributed by atoms with Crippen molar-refractivity contribution >= 4 is 5.91 Å². The van der Waals surface area contributed by atoms with Crippen LogP contribution in [0.5, 0.6) is 11.5 Å². The second kappa shape index (κ2) is 8.55. The molecule has 0 saturated carbocycles. The van der Waals surface area contributed by atoms with Crippen LogP contribution in [0.4, 0.5) is 0 Å². The Morgan fingerprint density at radius 3 is 2.52 bits per heavy atom. The molecule has 2 rings (SSSR count). The minimum atomic E-state index is -0.107. The summed E-state index contributed by atoms with van der Waals surface area (Å²) in [6.07, 6.45) is 1.80.